The topological polar surface area (TPSA) is 89.9 Å². The summed E-state index contributed by atoms with van der Waals surface area (Å²) in [6.07, 6.45) is 6.59. The number of rotatable bonds is 1. The second-order valence-corrected chi connectivity index (χ2v) is 4.56. The van der Waals surface area contributed by atoms with Crippen LogP contribution < -0.4 is 5.73 Å². The molecule has 90 valence electrons. The summed E-state index contributed by atoms with van der Waals surface area (Å²) >= 11 is 0. The largest absolute Gasteiger partial charge is 0.393 e. The molecule has 0 saturated heterocycles. The first-order valence-corrected chi connectivity index (χ1v) is 5.87. The molecule has 2 heterocycles. The molecule has 0 spiro atoms. The van der Waals surface area contributed by atoms with E-state index in [4.69, 9.17) is 5.73 Å². The van der Waals surface area contributed by atoms with Gasteiger partial charge in [0.05, 0.1) is 23.7 Å². The van der Waals surface area contributed by atoms with E-state index in [9.17, 15) is 5.11 Å². The maximum absolute atomic E-state index is 9.71. The van der Waals surface area contributed by atoms with Crippen molar-refractivity contribution < 1.29 is 5.11 Å². The molecule has 2 atom stereocenters. The van der Waals surface area contributed by atoms with Gasteiger partial charge in [0.15, 0.2) is 5.65 Å². The number of anilines is 1. The van der Waals surface area contributed by atoms with Crippen molar-refractivity contribution in [3.05, 3.63) is 12.5 Å². The van der Waals surface area contributed by atoms with Crippen LogP contribution >= 0.6 is 0 Å². The first-order chi connectivity index (χ1) is 8.25. The molecule has 0 bridgehead atoms. The van der Waals surface area contributed by atoms with Gasteiger partial charge < -0.3 is 10.8 Å². The summed E-state index contributed by atoms with van der Waals surface area (Å²) in [6, 6.07) is 0.213. The second kappa shape index (κ2) is 3.96. The van der Waals surface area contributed by atoms with E-state index in [-0.39, 0.29) is 12.1 Å². The Morgan fingerprint density at radius 3 is 3.06 bits per heavy atom. The Labute approximate surface area is 98.5 Å². The lowest BCUT2D eigenvalue weighted by Crippen LogP contribution is -2.23. The smallest absolute Gasteiger partial charge is 0.163 e. The fraction of sp³-hybridized carbons (Fsp3) is 0.545. The van der Waals surface area contributed by atoms with Crippen LogP contribution in [0.5, 0.6) is 0 Å². The van der Waals surface area contributed by atoms with Crippen LogP contribution in [0, 0.1) is 0 Å². The Morgan fingerprint density at radius 2 is 2.24 bits per heavy atom. The van der Waals surface area contributed by atoms with Gasteiger partial charge in [-0.2, -0.15) is 5.10 Å². The summed E-state index contributed by atoms with van der Waals surface area (Å²) < 4.78 is 1.87. The van der Waals surface area contributed by atoms with E-state index < -0.39 is 0 Å². The Hall–Kier alpha value is -1.69. The van der Waals surface area contributed by atoms with Crippen LogP contribution in [0.4, 0.5) is 5.82 Å². The van der Waals surface area contributed by atoms with Gasteiger partial charge in [0.25, 0.3) is 0 Å². The molecule has 2 aromatic rings. The molecule has 6 nitrogen and oxygen atoms in total. The molecule has 0 aliphatic heterocycles. The molecule has 0 radical (unpaired) electrons. The molecule has 1 fully saturated rings. The van der Waals surface area contributed by atoms with Crippen molar-refractivity contribution in [2.75, 3.05) is 5.73 Å². The number of hydrogen-bond acceptors (Lipinski definition) is 5. The van der Waals surface area contributed by atoms with Crippen molar-refractivity contribution in [3.8, 4) is 0 Å². The van der Waals surface area contributed by atoms with Crippen LogP contribution in [0.15, 0.2) is 12.5 Å². The third-order valence-corrected chi connectivity index (χ3v) is 3.39. The summed E-state index contributed by atoms with van der Waals surface area (Å²) in [5.41, 5.74) is 6.53. The lowest BCUT2D eigenvalue weighted by atomic mass is 9.93. The summed E-state index contributed by atoms with van der Waals surface area (Å²) in [4.78, 5) is 8.17. The van der Waals surface area contributed by atoms with Gasteiger partial charge in [-0.05, 0) is 25.7 Å². The molecular formula is C11H15N5O. The summed E-state index contributed by atoms with van der Waals surface area (Å²) in [7, 11) is 0. The highest BCUT2D eigenvalue weighted by Gasteiger charge is 2.24. The van der Waals surface area contributed by atoms with E-state index in [0.29, 0.717) is 5.82 Å². The average Bonchev–Trinajstić information content (AvgIpc) is 2.74. The lowest BCUT2D eigenvalue weighted by molar-refractivity contribution is 0.101. The first kappa shape index (κ1) is 10.5. The molecule has 2 aromatic heterocycles. The third-order valence-electron chi connectivity index (χ3n) is 3.39. The molecule has 6 heteroatoms. The maximum atomic E-state index is 9.71. The second-order valence-electron chi connectivity index (χ2n) is 4.56. The molecule has 1 aliphatic carbocycles. The van der Waals surface area contributed by atoms with Crippen LogP contribution in [-0.2, 0) is 0 Å². The van der Waals surface area contributed by atoms with E-state index in [1.165, 1.54) is 6.33 Å². The minimum Gasteiger partial charge on any atom is -0.393 e. The van der Waals surface area contributed by atoms with Crippen LogP contribution in [0.3, 0.4) is 0 Å². The highest BCUT2D eigenvalue weighted by molar-refractivity contribution is 5.84. The number of aliphatic hydroxyl groups is 1. The van der Waals surface area contributed by atoms with Gasteiger partial charge in [-0.25, -0.2) is 14.6 Å². The van der Waals surface area contributed by atoms with Gasteiger partial charge in [-0.15, -0.1) is 0 Å². The van der Waals surface area contributed by atoms with Gasteiger partial charge in [0.2, 0.25) is 0 Å². The zero-order chi connectivity index (χ0) is 11.8. The lowest BCUT2D eigenvalue weighted by Gasteiger charge is -2.26. The highest BCUT2D eigenvalue weighted by Crippen LogP contribution is 2.30. The number of nitrogen functional groups attached to an aromatic ring is 1. The van der Waals surface area contributed by atoms with Crippen LogP contribution in [0.2, 0.25) is 0 Å². The molecule has 2 unspecified atom stereocenters. The molecule has 3 rings (SSSR count). The summed E-state index contributed by atoms with van der Waals surface area (Å²) in [5.74, 6) is 0.456. The zero-order valence-electron chi connectivity index (χ0n) is 9.45. The minimum atomic E-state index is -0.229. The van der Waals surface area contributed by atoms with Gasteiger partial charge >= 0.3 is 0 Å². The number of nitrogens with two attached hydrogens (primary N) is 1. The molecule has 0 aromatic carbocycles. The van der Waals surface area contributed by atoms with E-state index >= 15 is 0 Å². The van der Waals surface area contributed by atoms with Crippen molar-refractivity contribution in [2.24, 2.45) is 0 Å². The molecule has 3 N–H and O–H groups in total. The van der Waals surface area contributed by atoms with Crippen LogP contribution in [-0.4, -0.2) is 31.0 Å². The van der Waals surface area contributed by atoms with Crippen molar-refractivity contribution in [2.45, 2.75) is 37.8 Å². The normalized spacial score (nSPS) is 25.2. The van der Waals surface area contributed by atoms with Gasteiger partial charge in [-0.1, -0.05) is 0 Å². The van der Waals surface area contributed by atoms with Crippen molar-refractivity contribution in [3.63, 3.8) is 0 Å². The van der Waals surface area contributed by atoms with E-state index in [2.05, 4.69) is 15.1 Å². The van der Waals surface area contributed by atoms with Gasteiger partial charge in [0, 0.05) is 0 Å². The van der Waals surface area contributed by atoms with Crippen LogP contribution in [0.1, 0.15) is 31.7 Å². The predicted octanol–water partition coefficient (Wildman–Crippen LogP) is 0.884. The number of fused-ring (bicyclic) bond motifs is 1. The summed E-state index contributed by atoms with van der Waals surface area (Å²) in [6.45, 7) is 0. The molecule has 1 aliphatic rings. The Kier molecular flexibility index (Phi) is 2.44. The van der Waals surface area contributed by atoms with E-state index in [1.807, 2.05) is 4.68 Å². The van der Waals surface area contributed by atoms with Gasteiger partial charge in [-0.3, -0.25) is 0 Å². The van der Waals surface area contributed by atoms with Crippen LogP contribution in [0.25, 0.3) is 11.0 Å². The Morgan fingerprint density at radius 1 is 1.35 bits per heavy atom. The Balaban J connectivity index is 2.02. The highest BCUT2D eigenvalue weighted by atomic mass is 16.3. The minimum absolute atomic E-state index is 0.213. The monoisotopic (exact) mass is 233 g/mol. The van der Waals surface area contributed by atoms with E-state index in [1.54, 1.807) is 6.20 Å². The average molecular weight is 233 g/mol. The fourth-order valence-electron chi connectivity index (χ4n) is 2.51. The zero-order valence-corrected chi connectivity index (χ0v) is 9.45. The Bertz CT molecular complexity index is 538. The molecule has 17 heavy (non-hydrogen) atoms. The van der Waals surface area contributed by atoms with E-state index in [0.717, 1.165) is 36.7 Å². The number of nitrogens with zero attached hydrogens (tertiary/aromatic N) is 4. The first-order valence-electron chi connectivity index (χ1n) is 5.87. The molecular weight excluding hydrogens is 218 g/mol. The molecule has 1 saturated carbocycles. The standard InChI is InChI=1S/C11H15N5O/c12-10-9-5-15-16(11(9)14-6-13-10)7-2-1-3-8(17)4-7/h5-8,17H,1-4H2,(H2,12,13,14). The SMILES string of the molecule is Nc1ncnc2c1cnn2C1CCCC(O)C1. The van der Waals surface area contributed by atoms with Gasteiger partial charge in [0.1, 0.15) is 12.1 Å². The number of aromatic nitrogens is 4. The third kappa shape index (κ3) is 1.74. The predicted molar refractivity (Wildman–Crippen MR) is 63.2 cm³/mol. The quantitative estimate of drug-likeness (QED) is 0.763. The van der Waals surface area contributed by atoms with Crippen molar-refractivity contribution in [1.29, 1.82) is 0 Å². The molecule has 0 amide bonds. The van der Waals surface area contributed by atoms with Crippen molar-refractivity contribution in [1.82, 2.24) is 19.7 Å². The number of aliphatic hydroxyl groups excluding tert-OH is 1. The fourth-order valence-corrected chi connectivity index (χ4v) is 2.51. The maximum Gasteiger partial charge on any atom is 0.163 e. The number of hydrogen-bond donors (Lipinski definition) is 2. The van der Waals surface area contributed by atoms with Crippen molar-refractivity contribution >= 4 is 16.9 Å². The summed E-state index contributed by atoms with van der Waals surface area (Å²) in [5, 5.41) is 14.8.